The Morgan fingerprint density at radius 2 is 1.64 bits per heavy atom. The molecule has 2 saturated heterocycles. The van der Waals surface area contributed by atoms with Crippen molar-refractivity contribution in [2.75, 3.05) is 13.7 Å². The zero-order valence-electron chi connectivity index (χ0n) is 29.5. The van der Waals surface area contributed by atoms with E-state index in [4.69, 9.17) is 41.1 Å². The molecule has 0 aromatic carbocycles. The first kappa shape index (κ1) is 39.9. The van der Waals surface area contributed by atoms with E-state index < -0.39 is 66.8 Å². The Balaban J connectivity index is 1.75. The number of aliphatic hydroxyl groups excluding tert-OH is 2. The quantitative estimate of drug-likeness (QED) is 0.106. The molecule has 0 aromatic rings. The van der Waals surface area contributed by atoms with Gasteiger partial charge in [-0.25, -0.2) is 0 Å². The number of aliphatic imine (C=N–C) groups is 1. The molecule has 0 spiro atoms. The molecular formula is C35H63N5O7. The summed E-state index contributed by atoms with van der Waals surface area (Å²) in [5.74, 6) is 0. The van der Waals surface area contributed by atoms with Gasteiger partial charge in [-0.3, -0.25) is 4.99 Å². The smallest absolute Gasteiger partial charge is 0.185 e. The van der Waals surface area contributed by atoms with Crippen LogP contribution in [-0.2, 0) is 18.9 Å². The summed E-state index contributed by atoms with van der Waals surface area (Å²) in [4.78, 5) is 4.78. The van der Waals surface area contributed by atoms with E-state index in [0.29, 0.717) is 19.3 Å². The third-order valence-electron chi connectivity index (χ3n) is 9.50. The molecule has 12 heteroatoms. The van der Waals surface area contributed by atoms with E-state index in [1.165, 1.54) is 16.7 Å². The zero-order chi connectivity index (χ0) is 34.9. The van der Waals surface area contributed by atoms with Crippen molar-refractivity contribution in [3.63, 3.8) is 0 Å². The highest BCUT2D eigenvalue weighted by atomic mass is 16.7. The highest BCUT2D eigenvalue weighted by Gasteiger charge is 2.51. The molecule has 3 aliphatic rings. The molecule has 1 saturated carbocycles. The number of hydrogen-bond donors (Lipinski definition) is 7. The standard InChI is InChI=1S/C35H63N5O7/c1-20(2)10-8-11-21(3)12-9-13-22(4)16-17-40-26-18-25(38)30(46-33-24(37)14-15-27(45-33)23(5)36)28(41)31(26)47-34-29(42)32(39-7)35(6,43)19-44-34/h10,12,16-17,23-34,39,41-43H,8-9,11,13-15,18-19,36-38H2,1-7H3/b21-12+,22-16+,40-17?. The van der Waals surface area contributed by atoms with E-state index in [-0.39, 0.29) is 18.8 Å². The number of nitrogens with one attached hydrogen (secondary N) is 1. The molecule has 13 atom stereocenters. The summed E-state index contributed by atoms with van der Waals surface area (Å²) in [6.07, 6.45) is 7.44. The van der Waals surface area contributed by atoms with Crippen LogP contribution in [0.25, 0.3) is 0 Å². The number of ether oxygens (including phenoxy) is 4. The number of hydrogen-bond acceptors (Lipinski definition) is 12. The molecular weight excluding hydrogens is 602 g/mol. The Hall–Kier alpha value is -1.55. The molecule has 2 heterocycles. The van der Waals surface area contributed by atoms with Crippen LogP contribution in [0.15, 0.2) is 39.9 Å². The summed E-state index contributed by atoms with van der Waals surface area (Å²) in [5, 5.41) is 36.5. The van der Waals surface area contributed by atoms with Gasteiger partial charge in [0.15, 0.2) is 12.6 Å². The van der Waals surface area contributed by atoms with Crippen LogP contribution in [0.3, 0.4) is 0 Å². The molecule has 1 aliphatic carbocycles. The highest BCUT2D eigenvalue weighted by molar-refractivity contribution is 5.72. The van der Waals surface area contributed by atoms with Gasteiger partial charge in [0.05, 0.1) is 30.8 Å². The van der Waals surface area contributed by atoms with Gasteiger partial charge >= 0.3 is 0 Å². The third-order valence-corrected chi connectivity index (χ3v) is 9.50. The lowest BCUT2D eigenvalue weighted by molar-refractivity contribution is -0.307. The minimum atomic E-state index is -1.32. The minimum absolute atomic E-state index is 0.0787. The van der Waals surface area contributed by atoms with E-state index >= 15 is 0 Å². The number of rotatable bonds is 14. The van der Waals surface area contributed by atoms with Crippen LogP contribution in [0.4, 0.5) is 0 Å². The average molecular weight is 666 g/mol. The Morgan fingerprint density at radius 3 is 2.30 bits per heavy atom. The average Bonchev–Trinajstić information content (AvgIpc) is 2.98. The lowest BCUT2D eigenvalue weighted by atomic mass is 9.83. The van der Waals surface area contributed by atoms with Gasteiger partial charge in [-0.15, -0.1) is 0 Å². The second-order valence-corrected chi connectivity index (χ2v) is 14.3. The van der Waals surface area contributed by atoms with Crippen LogP contribution in [0, 0.1) is 0 Å². The van der Waals surface area contributed by atoms with E-state index in [9.17, 15) is 15.3 Å². The predicted molar refractivity (Wildman–Crippen MR) is 185 cm³/mol. The van der Waals surface area contributed by atoms with Crippen LogP contribution < -0.4 is 22.5 Å². The molecule has 10 N–H and O–H groups in total. The normalized spacial score (nSPS) is 39.6. The molecule has 3 rings (SSSR count). The predicted octanol–water partition coefficient (Wildman–Crippen LogP) is 1.94. The molecule has 270 valence electrons. The van der Waals surface area contributed by atoms with Crippen molar-refractivity contribution in [2.24, 2.45) is 22.2 Å². The van der Waals surface area contributed by atoms with E-state index in [1.54, 1.807) is 20.2 Å². The van der Waals surface area contributed by atoms with Gasteiger partial charge in [-0.1, -0.05) is 28.9 Å². The van der Waals surface area contributed by atoms with Crippen LogP contribution in [0.2, 0.25) is 0 Å². The molecule has 3 fully saturated rings. The first-order chi connectivity index (χ1) is 22.1. The van der Waals surface area contributed by atoms with Crippen molar-refractivity contribution < 1.29 is 34.3 Å². The van der Waals surface area contributed by atoms with Crippen molar-refractivity contribution >= 4 is 6.21 Å². The van der Waals surface area contributed by atoms with Gasteiger partial charge in [-0.05, 0) is 99.6 Å². The van der Waals surface area contributed by atoms with Gasteiger partial charge in [0.25, 0.3) is 0 Å². The lowest BCUT2D eigenvalue weighted by Gasteiger charge is -2.48. The largest absolute Gasteiger partial charge is 0.388 e. The fourth-order valence-corrected chi connectivity index (χ4v) is 6.54. The van der Waals surface area contributed by atoms with Crippen LogP contribution >= 0.6 is 0 Å². The van der Waals surface area contributed by atoms with Crippen molar-refractivity contribution in [1.82, 2.24) is 5.32 Å². The topological polar surface area (TPSA) is 200 Å². The molecule has 0 aromatic heterocycles. The number of aliphatic hydroxyl groups is 3. The van der Waals surface area contributed by atoms with Gasteiger partial charge < -0.3 is 56.8 Å². The molecule has 47 heavy (non-hydrogen) atoms. The van der Waals surface area contributed by atoms with Gasteiger partial charge in [0.1, 0.15) is 30.0 Å². The van der Waals surface area contributed by atoms with Gasteiger partial charge in [-0.2, -0.15) is 0 Å². The number of nitrogens with two attached hydrogens (primary N) is 3. The summed E-state index contributed by atoms with van der Waals surface area (Å²) in [6, 6.07) is -2.51. The maximum atomic E-state index is 11.7. The SMILES string of the molecule is CNC1C(O)C(OC2C(N=C/C=C(\C)CC/C=C(\C)CCC=C(C)C)CC(N)C(OC3OC(C(C)N)CCC3N)C2O)OCC1(C)O. The summed E-state index contributed by atoms with van der Waals surface area (Å²) < 4.78 is 24.4. The van der Waals surface area contributed by atoms with Crippen molar-refractivity contribution in [2.45, 2.75) is 165 Å². The third kappa shape index (κ3) is 11.5. The zero-order valence-corrected chi connectivity index (χ0v) is 29.5. The van der Waals surface area contributed by atoms with Crippen molar-refractivity contribution in [1.29, 1.82) is 0 Å². The maximum absolute atomic E-state index is 11.7. The molecule has 12 nitrogen and oxygen atoms in total. The Morgan fingerprint density at radius 1 is 0.979 bits per heavy atom. The fraction of sp³-hybridized carbons (Fsp3) is 0.800. The summed E-state index contributed by atoms with van der Waals surface area (Å²) in [5.41, 5.74) is 21.6. The Kier molecular flexibility index (Phi) is 15.7. The Labute approximate surface area is 281 Å². The van der Waals surface area contributed by atoms with Crippen LogP contribution in [0.5, 0.6) is 0 Å². The second-order valence-electron chi connectivity index (χ2n) is 14.3. The Bertz CT molecular complexity index is 1090. The monoisotopic (exact) mass is 665 g/mol. The number of nitrogens with zero attached hydrogens (tertiary/aromatic N) is 1. The highest BCUT2D eigenvalue weighted by Crippen LogP contribution is 2.33. The van der Waals surface area contributed by atoms with Crippen molar-refractivity contribution in [3.05, 3.63) is 34.9 Å². The molecule has 13 unspecified atom stereocenters. The van der Waals surface area contributed by atoms with E-state index in [1.807, 2.05) is 13.0 Å². The molecule has 0 bridgehead atoms. The fourth-order valence-electron chi connectivity index (χ4n) is 6.54. The van der Waals surface area contributed by atoms with Crippen LogP contribution in [-0.4, -0.2) is 114 Å². The van der Waals surface area contributed by atoms with E-state index in [0.717, 1.165) is 25.7 Å². The van der Waals surface area contributed by atoms with E-state index in [2.05, 4.69) is 45.2 Å². The van der Waals surface area contributed by atoms with Gasteiger partial charge in [0, 0.05) is 18.3 Å². The lowest BCUT2D eigenvalue weighted by Crippen LogP contribution is -2.67. The summed E-state index contributed by atoms with van der Waals surface area (Å²) in [6.45, 7) is 11.9. The van der Waals surface area contributed by atoms with Crippen LogP contribution in [0.1, 0.15) is 86.5 Å². The molecule has 0 radical (unpaired) electrons. The maximum Gasteiger partial charge on any atom is 0.185 e. The minimum Gasteiger partial charge on any atom is -0.388 e. The summed E-state index contributed by atoms with van der Waals surface area (Å²) >= 11 is 0. The molecule has 2 aliphatic heterocycles. The number of allylic oxidation sites excluding steroid dienone is 6. The summed E-state index contributed by atoms with van der Waals surface area (Å²) in [7, 11) is 1.65. The molecule has 0 amide bonds. The van der Waals surface area contributed by atoms with Crippen molar-refractivity contribution in [3.8, 4) is 0 Å². The first-order valence-corrected chi connectivity index (χ1v) is 17.2. The number of likely N-dealkylation sites (N-methyl/N-ethyl adjacent to an activating group) is 1. The second kappa shape index (κ2) is 18.4. The first-order valence-electron chi connectivity index (χ1n) is 17.2. The van der Waals surface area contributed by atoms with Gasteiger partial charge in [0.2, 0.25) is 0 Å².